The second-order valence-electron chi connectivity index (χ2n) is 4.04. The van der Waals surface area contributed by atoms with E-state index in [1.807, 2.05) is 0 Å². The Morgan fingerprint density at radius 2 is 2.00 bits per heavy atom. The Labute approximate surface area is 122 Å². The number of fused-ring (bicyclic) bond motifs is 1. The van der Waals surface area contributed by atoms with Crippen molar-refractivity contribution in [1.29, 1.82) is 0 Å². The second kappa shape index (κ2) is 5.05. The molecule has 1 heterocycles. The predicted molar refractivity (Wildman–Crippen MR) is 73.7 cm³/mol. The molecule has 0 atom stereocenters. The zero-order chi connectivity index (χ0) is 14.1. The van der Waals surface area contributed by atoms with E-state index in [1.54, 1.807) is 36.4 Å². The van der Waals surface area contributed by atoms with Gasteiger partial charge in [-0.05, 0) is 40.2 Å². The molecular weight excluding hydrogens is 328 g/mol. The first-order chi connectivity index (χ1) is 9.65. The molecule has 1 aliphatic heterocycles. The lowest BCUT2D eigenvalue weighted by Gasteiger charge is -2.10. The molecule has 0 saturated heterocycles. The highest BCUT2D eigenvalue weighted by Crippen LogP contribution is 2.38. The SMILES string of the molecule is O=C(O)c1c(Br)cccc1Oc1ccc2c(c1)OCO2. The molecular formula is C14H9BrO5. The quantitative estimate of drug-likeness (QED) is 0.926. The number of ether oxygens (including phenoxy) is 3. The van der Waals surface area contributed by atoms with E-state index >= 15 is 0 Å². The molecule has 0 amide bonds. The normalized spacial score (nSPS) is 12.2. The minimum atomic E-state index is -1.06. The van der Waals surface area contributed by atoms with Crippen LogP contribution < -0.4 is 14.2 Å². The standard InChI is InChI=1S/C14H9BrO5/c15-9-2-1-3-11(13(9)14(16)17)20-8-4-5-10-12(6-8)19-7-18-10/h1-6H,7H2,(H,16,17). The summed E-state index contributed by atoms with van der Waals surface area (Å²) in [4.78, 5) is 11.3. The molecule has 0 aromatic heterocycles. The summed E-state index contributed by atoms with van der Waals surface area (Å²) in [6, 6.07) is 10.0. The Hall–Kier alpha value is -2.21. The van der Waals surface area contributed by atoms with Gasteiger partial charge in [0.15, 0.2) is 11.5 Å². The largest absolute Gasteiger partial charge is 0.478 e. The molecule has 2 aromatic rings. The van der Waals surface area contributed by atoms with Crippen molar-refractivity contribution >= 4 is 21.9 Å². The first-order valence-corrected chi connectivity index (χ1v) is 6.54. The van der Waals surface area contributed by atoms with Crippen molar-refractivity contribution in [3.05, 3.63) is 46.4 Å². The van der Waals surface area contributed by atoms with E-state index in [2.05, 4.69) is 15.9 Å². The molecule has 3 rings (SSSR count). The molecule has 0 aliphatic carbocycles. The van der Waals surface area contributed by atoms with Gasteiger partial charge in [-0.3, -0.25) is 0 Å². The molecule has 2 aromatic carbocycles. The predicted octanol–water partition coefficient (Wildman–Crippen LogP) is 3.67. The zero-order valence-corrected chi connectivity index (χ0v) is 11.7. The number of halogens is 1. The van der Waals surface area contributed by atoms with Crippen molar-refractivity contribution in [2.24, 2.45) is 0 Å². The third kappa shape index (κ3) is 2.30. The number of aromatic carboxylic acids is 1. The third-order valence-corrected chi connectivity index (χ3v) is 3.42. The first-order valence-electron chi connectivity index (χ1n) is 5.74. The van der Waals surface area contributed by atoms with Gasteiger partial charge in [-0.2, -0.15) is 0 Å². The first kappa shape index (κ1) is 12.8. The van der Waals surface area contributed by atoms with Crippen LogP contribution in [0.5, 0.6) is 23.0 Å². The van der Waals surface area contributed by atoms with Gasteiger partial charge in [0.1, 0.15) is 17.1 Å². The number of carbonyl (C=O) groups is 1. The van der Waals surface area contributed by atoms with E-state index in [0.29, 0.717) is 21.7 Å². The lowest BCUT2D eigenvalue weighted by atomic mass is 10.2. The summed E-state index contributed by atoms with van der Waals surface area (Å²) < 4.78 is 16.5. The van der Waals surface area contributed by atoms with Crippen molar-refractivity contribution < 1.29 is 24.1 Å². The van der Waals surface area contributed by atoms with Crippen LogP contribution in [0.15, 0.2) is 40.9 Å². The van der Waals surface area contributed by atoms with Crippen molar-refractivity contribution in [3.63, 3.8) is 0 Å². The molecule has 0 bridgehead atoms. The number of hydrogen-bond donors (Lipinski definition) is 1. The van der Waals surface area contributed by atoms with Gasteiger partial charge in [0.25, 0.3) is 0 Å². The second-order valence-corrected chi connectivity index (χ2v) is 4.89. The minimum absolute atomic E-state index is 0.0742. The van der Waals surface area contributed by atoms with Gasteiger partial charge in [0, 0.05) is 10.5 Å². The third-order valence-electron chi connectivity index (χ3n) is 2.76. The summed E-state index contributed by atoms with van der Waals surface area (Å²) in [5.41, 5.74) is 0.0742. The van der Waals surface area contributed by atoms with Crippen LogP contribution in [0.1, 0.15) is 10.4 Å². The van der Waals surface area contributed by atoms with E-state index in [-0.39, 0.29) is 18.1 Å². The smallest absolute Gasteiger partial charge is 0.340 e. The Bertz CT molecular complexity index is 683. The summed E-state index contributed by atoms with van der Waals surface area (Å²) in [5.74, 6) is 0.897. The van der Waals surface area contributed by atoms with Gasteiger partial charge in [-0.25, -0.2) is 4.79 Å². The van der Waals surface area contributed by atoms with Crippen molar-refractivity contribution in [3.8, 4) is 23.0 Å². The maximum Gasteiger partial charge on any atom is 0.340 e. The topological polar surface area (TPSA) is 65.0 Å². The van der Waals surface area contributed by atoms with Gasteiger partial charge in [-0.1, -0.05) is 6.07 Å². The highest BCUT2D eigenvalue weighted by molar-refractivity contribution is 9.10. The summed E-state index contributed by atoms with van der Waals surface area (Å²) in [6.07, 6.45) is 0. The van der Waals surface area contributed by atoms with Gasteiger partial charge in [0.05, 0.1) is 0 Å². The van der Waals surface area contributed by atoms with Crippen LogP contribution >= 0.6 is 15.9 Å². The summed E-state index contributed by atoms with van der Waals surface area (Å²) in [6.45, 7) is 0.177. The van der Waals surface area contributed by atoms with Crippen LogP contribution in [-0.4, -0.2) is 17.9 Å². The van der Waals surface area contributed by atoms with E-state index in [0.717, 1.165) is 0 Å². The molecule has 102 valence electrons. The Morgan fingerprint density at radius 1 is 1.20 bits per heavy atom. The Kier molecular flexibility index (Phi) is 3.23. The van der Waals surface area contributed by atoms with Crippen LogP contribution in [0.25, 0.3) is 0 Å². The highest BCUT2D eigenvalue weighted by Gasteiger charge is 2.18. The van der Waals surface area contributed by atoms with E-state index in [9.17, 15) is 9.90 Å². The average molecular weight is 337 g/mol. The molecule has 0 saturated carbocycles. The highest BCUT2D eigenvalue weighted by atomic mass is 79.9. The Balaban J connectivity index is 1.95. The van der Waals surface area contributed by atoms with Crippen LogP contribution in [0.2, 0.25) is 0 Å². The van der Waals surface area contributed by atoms with Crippen LogP contribution in [0.3, 0.4) is 0 Å². The number of carboxylic acids is 1. The molecule has 20 heavy (non-hydrogen) atoms. The fourth-order valence-corrected chi connectivity index (χ4v) is 2.38. The molecule has 0 radical (unpaired) electrons. The monoisotopic (exact) mass is 336 g/mol. The Morgan fingerprint density at radius 3 is 2.80 bits per heavy atom. The summed E-state index contributed by atoms with van der Waals surface area (Å²) in [5, 5.41) is 9.22. The lowest BCUT2D eigenvalue weighted by Crippen LogP contribution is -2.01. The number of carboxylic acid groups (broad SMARTS) is 1. The fraction of sp³-hybridized carbons (Fsp3) is 0.0714. The molecule has 0 unspecified atom stereocenters. The molecule has 5 nitrogen and oxygen atoms in total. The molecule has 0 spiro atoms. The average Bonchev–Trinajstić information content (AvgIpc) is 2.85. The van der Waals surface area contributed by atoms with Gasteiger partial charge < -0.3 is 19.3 Å². The summed E-state index contributed by atoms with van der Waals surface area (Å²) >= 11 is 3.21. The molecule has 6 heteroatoms. The van der Waals surface area contributed by atoms with Gasteiger partial charge >= 0.3 is 5.97 Å². The molecule has 1 aliphatic rings. The number of benzene rings is 2. The van der Waals surface area contributed by atoms with Crippen molar-refractivity contribution in [2.75, 3.05) is 6.79 Å². The number of hydrogen-bond acceptors (Lipinski definition) is 4. The van der Waals surface area contributed by atoms with Crippen molar-refractivity contribution in [2.45, 2.75) is 0 Å². The van der Waals surface area contributed by atoms with E-state index in [1.165, 1.54) is 0 Å². The van der Waals surface area contributed by atoms with Crippen LogP contribution in [-0.2, 0) is 0 Å². The van der Waals surface area contributed by atoms with Crippen LogP contribution in [0, 0.1) is 0 Å². The maximum atomic E-state index is 11.3. The number of rotatable bonds is 3. The maximum absolute atomic E-state index is 11.3. The van der Waals surface area contributed by atoms with Gasteiger partial charge in [-0.15, -0.1) is 0 Å². The lowest BCUT2D eigenvalue weighted by molar-refractivity contribution is 0.0693. The fourth-order valence-electron chi connectivity index (χ4n) is 1.86. The molecule has 0 fully saturated rings. The molecule has 1 N–H and O–H groups in total. The minimum Gasteiger partial charge on any atom is -0.478 e. The van der Waals surface area contributed by atoms with Gasteiger partial charge in [0.2, 0.25) is 6.79 Å². The zero-order valence-electron chi connectivity index (χ0n) is 10.1. The van der Waals surface area contributed by atoms with E-state index in [4.69, 9.17) is 14.2 Å². The van der Waals surface area contributed by atoms with Crippen molar-refractivity contribution in [1.82, 2.24) is 0 Å². The van der Waals surface area contributed by atoms with Crippen LogP contribution in [0.4, 0.5) is 0 Å². The van der Waals surface area contributed by atoms with E-state index < -0.39 is 5.97 Å². The summed E-state index contributed by atoms with van der Waals surface area (Å²) in [7, 11) is 0.